The van der Waals surface area contributed by atoms with E-state index in [1.165, 1.54) is 28.4 Å². The predicted molar refractivity (Wildman–Crippen MR) is 122 cm³/mol. The zero-order chi connectivity index (χ0) is 23.0. The topological polar surface area (TPSA) is 70.5 Å². The number of amides is 1. The molecule has 4 rings (SSSR count). The van der Waals surface area contributed by atoms with Crippen molar-refractivity contribution in [2.24, 2.45) is 0 Å². The maximum atomic E-state index is 13.5. The van der Waals surface area contributed by atoms with E-state index in [1.54, 1.807) is 50.2 Å². The molecule has 1 unspecified atom stereocenters. The first-order valence-corrected chi connectivity index (χ1v) is 11.2. The number of ketones is 1. The van der Waals surface area contributed by atoms with Gasteiger partial charge in [-0.25, -0.2) is 9.37 Å². The maximum absolute atomic E-state index is 13.5. The van der Waals surface area contributed by atoms with Gasteiger partial charge in [0.2, 0.25) is 5.78 Å². The van der Waals surface area contributed by atoms with Gasteiger partial charge in [-0.15, -0.1) is 11.3 Å². The lowest BCUT2D eigenvalue weighted by Crippen LogP contribution is -2.33. The summed E-state index contributed by atoms with van der Waals surface area (Å²) in [6.45, 7) is 3.77. The molecule has 1 aromatic heterocycles. The Morgan fingerprint density at radius 3 is 2.41 bits per heavy atom. The SMILES string of the molecule is Cc1nc(C)c(C(=O)C2=C(O)C(=O)N(CCc3ccc(F)cc3)C2c2ccc(Cl)cc2)s1. The van der Waals surface area contributed by atoms with Crippen LogP contribution in [0.3, 0.4) is 0 Å². The molecule has 1 atom stereocenters. The number of thiazole rings is 1. The fourth-order valence-corrected chi connectivity index (χ4v) is 4.87. The van der Waals surface area contributed by atoms with Gasteiger partial charge in [0, 0.05) is 11.6 Å². The highest BCUT2D eigenvalue weighted by Gasteiger charge is 2.44. The molecular weight excluding hydrogens is 451 g/mol. The lowest BCUT2D eigenvalue weighted by atomic mass is 9.95. The quantitative estimate of drug-likeness (QED) is 0.491. The first kappa shape index (κ1) is 22.2. The zero-order valence-electron chi connectivity index (χ0n) is 17.4. The van der Waals surface area contributed by atoms with Crippen molar-refractivity contribution in [1.82, 2.24) is 9.88 Å². The van der Waals surface area contributed by atoms with E-state index in [1.807, 2.05) is 0 Å². The van der Waals surface area contributed by atoms with Crippen molar-refractivity contribution in [3.05, 3.63) is 97.4 Å². The van der Waals surface area contributed by atoms with Gasteiger partial charge in [-0.3, -0.25) is 9.59 Å². The lowest BCUT2D eigenvalue weighted by Gasteiger charge is -2.27. The summed E-state index contributed by atoms with van der Waals surface area (Å²) < 4.78 is 13.2. The molecule has 5 nitrogen and oxygen atoms in total. The van der Waals surface area contributed by atoms with E-state index < -0.39 is 23.5 Å². The maximum Gasteiger partial charge on any atom is 0.290 e. The van der Waals surface area contributed by atoms with E-state index in [-0.39, 0.29) is 17.9 Å². The molecular formula is C24H20ClFN2O3S. The van der Waals surface area contributed by atoms with Gasteiger partial charge >= 0.3 is 0 Å². The van der Waals surface area contributed by atoms with Crippen molar-refractivity contribution < 1.29 is 19.1 Å². The molecule has 0 bridgehead atoms. The van der Waals surface area contributed by atoms with Gasteiger partial charge in [-0.05, 0) is 55.7 Å². The van der Waals surface area contributed by atoms with Crippen molar-refractivity contribution in [2.45, 2.75) is 26.3 Å². The molecule has 0 saturated heterocycles. The Morgan fingerprint density at radius 2 is 1.81 bits per heavy atom. The number of aliphatic hydroxyl groups excluding tert-OH is 1. The third-order valence-corrected chi connectivity index (χ3v) is 6.72. The molecule has 2 heterocycles. The van der Waals surface area contributed by atoms with Gasteiger partial charge in [0.25, 0.3) is 5.91 Å². The van der Waals surface area contributed by atoms with Crippen LogP contribution in [0.4, 0.5) is 4.39 Å². The second kappa shape index (κ2) is 8.84. The van der Waals surface area contributed by atoms with Crippen molar-refractivity contribution in [1.29, 1.82) is 0 Å². The Morgan fingerprint density at radius 1 is 1.16 bits per heavy atom. The minimum atomic E-state index is -0.769. The normalized spacial score (nSPS) is 16.2. The van der Waals surface area contributed by atoms with Gasteiger partial charge in [0.1, 0.15) is 5.82 Å². The van der Waals surface area contributed by atoms with E-state index >= 15 is 0 Å². The molecule has 0 fully saturated rings. The van der Waals surface area contributed by atoms with Crippen molar-refractivity contribution in [3.63, 3.8) is 0 Å². The minimum absolute atomic E-state index is 0.0307. The number of aryl methyl sites for hydroxylation is 2. The van der Waals surface area contributed by atoms with Crippen molar-refractivity contribution >= 4 is 34.6 Å². The molecule has 164 valence electrons. The molecule has 0 saturated carbocycles. The number of rotatable bonds is 6. The van der Waals surface area contributed by atoms with Gasteiger partial charge in [-0.1, -0.05) is 35.9 Å². The number of carbonyl (C=O) groups is 2. The standard InChI is InChI=1S/C24H20ClFN2O3S/c1-13-23(32-14(2)27-13)21(29)19-20(16-5-7-17(25)8-6-16)28(24(31)22(19)30)12-11-15-3-9-18(26)10-4-15/h3-10,20,30H,11-12H2,1-2H3. The van der Waals surface area contributed by atoms with Gasteiger partial charge in [0.05, 0.1) is 27.2 Å². The first-order chi connectivity index (χ1) is 15.3. The van der Waals surface area contributed by atoms with E-state index in [9.17, 15) is 19.1 Å². The van der Waals surface area contributed by atoms with Gasteiger partial charge in [-0.2, -0.15) is 0 Å². The molecule has 32 heavy (non-hydrogen) atoms. The second-order valence-corrected chi connectivity index (χ2v) is 9.21. The van der Waals surface area contributed by atoms with Crippen LogP contribution in [0.25, 0.3) is 0 Å². The monoisotopic (exact) mass is 470 g/mol. The largest absolute Gasteiger partial charge is 0.503 e. The summed E-state index contributed by atoms with van der Waals surface area (Å²) in [4.78, 5) is 32.7. The van der Waals surface area contributed by atoms with Crippen LogP contribution < -0.4 is 0 Å². The summed E-state index contributed by atoms with van der Waals surface area (Å²) in [5, 5.41) is 12.0. The Kier molecular flexibility index (Phi) is 6.13. The Bertz CT molecular complexity index is 1220. The summed E-state index contributed by atoms with van der Waals surface area (Å²) >= 11 is 7.27. The number of aliphatic hydroxyl groups is 1. The van der Waals surface area contributed by atoms with Crippen LogP contribution in [0, 0.1) is 19.7 Å². The summed E-state index contributed by atoms with van der Waals surface area (Å²) in [5.74, 6) is -1.93. The highest BCUT2D eigenvalue weighted by molar-refractivity contribution is 7.14. The van der Waals surface area contributed by atoms with Crippen molar-refractivity contribution in [2.75, 3.05) is 6.54 Å². The molecule has 8 heteroatoms. The molecule has 1 N–H and O–H groups in total. The Hall–Kier alpha value is -3.03. The van der Waals surface area contributed by atoms with Crippen molar-refractivity contribution in [3.8, 4) is 0 Å². The van der Waals surface area contributed by atoms with E-state index in [0.717, 1.165) is 10.6 Å². The summed E-state index contributed by atoms with van der Waals surface area (Å²) in [5.41, 5.74) is 2.09. The average molecular weight is 471 g/mol. The third kappa shape index (κ3) is 4.18. The fraction of sp³-hybridized carbons (Fsp3) is 0.208. The van der Waals surface area contributed by atoms with Gasteiger partial charge < -0.3 is 10.0 Å². The van der Waals surface area contributed by atoms with Crippen LogP contribution in [0.15, 0.2) is 59.9 Å². The molecule has 0 radical (unpaired) electrons. The lowest BCUT2D eigenvalue weighted by molar-refractivity contribution is -0.129. The van der Waals surface area contributed by atoms with Crippen LogP contribution in [0.5, 0.6) is 0 Å². The molecule has 0 spiro atoms. The number of benzene rings is 2. The molecule has 2 aromatic carbocycles. The second-order valence-electron chi connectivity index (χ2n) is 7.57. The predicted octanol–water partition coefficient (Wildman–Crippen LogP) is 5.37. The van der Waals surface area contributed by atoms with E-state index in [2.05, 4.69) is 4.98 Å². The number of hydrogen-bond acceptors (Lipinski definition) is 5. The fourth-order valence-electron chi connectivity index (χ4n) is 3.87. The van der Waals surface area contributed by atoms with Crippen LogP contribution in [-0.2, 0) is 11.2 Å². The smallest absolute Gasteiger partial charge is 0.290 e. The number of carbonyl (C=O) groups excluding carboxylic acids is 2. The summed E-state index contributed by atoms with van der Waals surface area (Å²) in [7, 11) is 0. The Balaban J connectivity index is 1.72. The summed E-state index contributed by atoms with van der Waals surface area (Å²) in [6, 6.07) is 12.1. The van der Waals surface area contributed by atoms with E-state index in [4.69, 9.17) is 11.6 Å². The Labute approximate surface area is 193 Å². The molecule has 3 aromatic rings. The number of aromatic nitrogens is 1. The zero-order valence-corrected chi connectivity index (χ0v) is 19.0. The van der Waals surface area contributed by atoms with Crippen LogP contribution >= 0.6 is 22.9 Å². The molecule has 0 aliphatic carbocycles. The molecule has 1 aliphatic heterocycles. The van der Waals surface area contributed by atoms with Crippen LogP contribution in [0.2, 0.25) is 5.02 Å². The van der Waals surface area contributed by atoms with Crippen LogP contribution in [-0.4, -0.2) is 33.2 Å². The first-order valence-electron chi connectivity index (χ1n) is 9.99. The number of hydrogen-bond donors (Lipinski definition) is 1. The number of nitrogens with zero attached hydrogens (tertiary/aromatic N) is 2. The average Bonchev–Trinajstić information content (AvgIpc) is 3.23. The number of halogens is 2. The van der Waals surface area contributed by atoms with E-state index in [0.29, 0.717) is 27.6 Å². The highest BCUT2D eigenvalue weighted by atomic mass is 35.5. The third-order valence-electron chi connectivity index (χ3n) is 5.40. The minimum Gasteiger partial charge on any atom is -0.503 e. The molecule has 1 aliphatic rings. The summed E-state index contributed by atoms with van der Waals surface area (Å²) in [6.07, 6.45) is 0.434. The highest BCUT2D eigenvalue weighted by Crippen LogP contribution is 2.40. The van der Waals surface area contributed by atoms with Gasteiger partial charge in [0.15, 0.2) is 5.76 Å². The molecule has 1 amide bonds. The van der Waals surface area contributed by atoms with Crippen LogP contribution in [0.1, 0.15) is 37.5 Å². The number of Topliss-reactive ketones (excluding diaryl/α,β-unsaturated/α-hetero) is 1.